The summed E-state index contributed by atoms with van der Waals surface area (Å²) in [5.74, 6) is 0. The summed E-state index contributed by atoms with van der Waals surface area (Å²) < 4.78 is 0. The van der Waals surface area contributed by atoms with Crippen LogP contribution in [0.4, 0.5) is 5.69 Å². The van der Waals surface area contributed by atoms with Crippen molar-refractivity contribution in [2.24, 2.45) is 0 Å². The normalized spacial score (nSPS) is 17.2. The Morgan fingerprint density at radius 2 is 1.90 bits per heavy atom. The van der Waals surface area contributed by atoms with Crippen molar-refractivity contribution >= 4 is 5.69 Å². The Balaban J connectivity index is 1.94. The summed E-state index contributed by atoms with van der Waals surface area (Å²) in [6.45, 7) is 9.63. The molecule has 2 nitrogen and oxygen atoms in total. The summed E-state index contributed by atoms with van der Waals surface area (Å²) in [6.07, 6.45) is 0. The third-order valence-corrected chi connectivity index (χ3v) is 4.13. The van der Waals surface area contributed by atoms with Crippen LogP contribution in [0.1, 0.15) is 30.5 Å². The zero-order valence-corrected chi connectivity index (χ0v) is 13.2. The molecule has 1 aliphatic heterocycles. The van der Waals surface area contributed by atoms with Crippen molar-refractivity contribution in [3.8, 4) is 0 Å². The summed E-state index contributed by atoms with van der Waals surface area (Å²) in [5, 5.41) is 3.66. The number of rotatable bonds is 2. The maximum absolute atomic E-state index is 3.66. The number of para-hydroxylation sites is 1. The minimum atomic E-state index is 0.114. The summed E-state index contributed by atoms with van der Waals surface area (Å²) >= 11 is 0. The number of benzene rings is 2. The molecule has 0 atom stereocenters. The van der Waals surface area contributed by atoms with Crippen LogP contribution >= 0.6 is 0 Å². The Hall–Kier alpha value is -1.80. The second kappa shape index (κ2) is 5.53. The predicted molar refractivity (Wildman–Crippen MR) is 89.6 cm³/mol. The average Bonchev–Trinajstić information content (AvgIpc) is 2.56. The molecule has 0 aliphatic carbocycles. The lowest BCUT2D eigenvalue weighted by Gasteiger charge is -2.32. The standard InChI is InChI=1S/C19H24N2/c1-15-7-6-8-16(11-15)13-21-14-19(2,3)20-12-17-9-4-5-10-18(17)21/h4-11,20H,12-14H2,1-3H3. The van der Waals surface area contributed by atoms with E-state index in [0.717, 1.165) is 19.6 Å². The van der Waals surface area contributed by atoms with E-state index in [1.165, 1.54) is 22.4 Å². The fourth-order valence-corrected chi connectivity index (χ4v) is 3.09. The highest BCUT2D eigenvalue weighted by atomic mass is 15.2. The maximum Gasteiger partial charge on any atom is 0.0430 e. The van der Waals surface area contributed by atoms with Crippen LogP contribution in [0.5, 0.6) is 0 Å². The molecule has 2 aromatic carbocycles. The van der Waals surface area contributed by atoms with Crippen molar-refractivity contribution in [2.75, 3.05) is 11.4 Å². The van der Waals surface area contributed by atoms with Crippen molar-refractivity contribution in [3.63, 3.8) is 0 Å². The Kier molecular flexibility index (Phi) is 3.73. The van der Waals surface area contributed by atoms with Gasteiger partial charge in [-0.3, -0.25) is 0 Å². The molecule has 3 rings (SSSR count). The van der Waals surface area contributed by atoms with Crippen LogP contribution in [-0.2, 0) is 13.1 Å². The van der Waals surface area contributed by atoms with E-state index in [9.17, 15) is 0 Å². The fourth-order valence-electron chi connectivity index (χ4n) is 3.09. The summed E-state index contributed by atoms with van der Waals surface area (Å²) in [4.78, 5) is 2.50. The van der Waals surface area contributed by atoms with Crippen LogP contribution < -0.4 is 10.2 Å². The first-order valence-corrected chi connectivity index (χ1v) is 7.67. The summed E-state index contributed by atoms with van der Waals surface area (Å²) in [5.41, 5.74) is 5.56. The molecule has 0 saturated carbocycles. The van der Waals surface area contributed by atoms with E-state index in [2.05, 4.69) is 79.5 Å². The van der Waals surface area contributed by atoms with Gasteiger partial charge in [0.05, 0.1) is 0 Å². The van der Waals surface area contributed by atoms with Gasteiger partial charge in [0.2, 0.25) is 0 Å². The van der Waals surface area contributed by atoms with Crippen molar-refractivity contribution in [1.82, 2.24) is 5.32 Å². The van der Waals surface area contributed by atoms with Gasteiger partial charge in [-0.2, -0.15) is 0 Å². The molecule has 0 spiro atoms. The summed E-state index contributed by atoms with van der Waals surface area (Å²) in [7, 11) is 0. The molecule has 2 aromatic rings. The van der Waals surface area contributed by atoms with Crippen LogP contribution in [-0.4, -0.2) is 12.1 Å². The number of nitrogens with zero attached hydrogens (tertiary/aromatic N) is 1. The number of fused-ring (bicyclic) bond motifs is 1. The number of hydrogen-bond donors (Lipinski definition) is 1. The first kappa shape index (κ1) is 14.2. The molecule has 0 aromatic heterocycles. The quantitative estimate of drug-likeness (QED) is 0.898. The molecule has 0 amide bonds. The molecule has 0 unspecified atom stereocenters. The third kappa shape index (κ3) is 3.27. The number of aryl methyl sites for hydroxylation is 1. The number of anilines is 1. The molecule has 1 N–H and O–H groups in total. The number of nitrogens with one attached hydrogen (secondary N) is 1. The van der Waals surface area contributed by atoms with E-state index in [0.29, 0.717) is 0 Å². The van der Waals surface area contributed by atoms with Crippen LogP contribution in [0.3, 0.4) is 0 Å². The SMILES string of the molecule is Cc1cccc(CN2CC(C)(C)NCc3ccccc32)c1. The van der Waals surface area contributed by atoms with Gasteiger partial charge in [-0.1, -0.05) is 48.0 Å². The summed E-state index contributed by atoms with van der Waals surface area (Å²) in [6, 6.07) is 17.6. The van der Waals surface area contributed by atoms with Gasteiger partial charge in [-0.25, -0.2) is 0 Å². The van der Waals surface area contributed by atoms with E-state index in [1.807, 2.05) is 0 Å². The van der Waals surface area contributed by atoms with E-state index >= 15 is 0 Å². The first-order chi connectivity index (χ1) is 10.0. The average molecular weight is 280 g/mol. The highest BCUT2D eigenvalue weighted by Gasteiger charge is 2.26. The lowest BCUT2D eigenvalue weighted by Crippen LogP contribution is -2.46. The molecule has 0 saturated heterocycles. The highest BCUT2D eigenvalue weighted by molar-refractivity contribution is 5.55. The zero-order valence-electron chi connectivity index (χ0n) is 13.2. The predicted octanol–water partition coefficient (Wildman–Crippen LogP) is 3.88. The van der Waals surface area contributed by atoms with Gasteiger partial charge in [0.1, 0.15) is 0 Å². The Labute approximate surface area is 127 Å². The van der Waals surface area contributed by atoms with Gasteiger partial charge in [-0.05, 0) is 38.0 Å². The minimum absolute atomic E-state index is 0.114. The lowest BCUT2D eigenvalue weighted by atomic mass is 10.0. The largest absolute Gasteiger partial charge is 0.365 e. The molecule has 1 heterocycles. The smallest absolute Gasteiger partial charge is 0.0430 e. The van der Waals surface area contributed by atoms with Gasteiger partial charge in [0.25, 0.3) is 0 Å². The third-order valence-electron chi connectivity index (χ3n) is 4.13. The number of hydrogen-bond acceptors (Lipinski definition) is 2. The second-order valence-electron chi connectivity index (χ2n) is 6.71. The van der Waals surface area contributed by atoms with Crippen LogP contribution in [0.25, 0.3) is 0 Å². The molecule has 21 heavy (non-hydrogen) atoms. The zero-order chi connectivity index (χ0) is 14.9. The molecule has 0 bridgehead atoms. The lowest BCUT2D eigenvalue weighted by molar-refractivity contribution is 0.395. The van der Waals surface area contributed by atoms with Crippen molar-refractivity contribution in [2.45, 2.75) is 39.4 Å². The van der Waals surface area contributed by atoms with Crippen molar-refractivity contribution in [1.29, 1.82) is 0 Å². The molecule has 0 radical (unpaired) electrons. The van der Waals surface area contributed by atoms with Gasteiger partial charge in [-0.15, -0.1) is 0 Å². The van der Waals surface area contributed by atoms with Crippen molar-refractivity contribution < 1.29 is 0 Å². The first-order valence-electron chi connectivity index (χ1n) is 7.67. The Morgan fingerprint density at radius 1 is 1.10 bits per heavy atom. The monoisotopic (exact) mass is 280 g/mol. The van der Waals surface area contributed by atoms with Crippen LogP contribution in [0.2, 0.25) is 0 Å². The molecule has 110 valence electrons. The van der Waals surface area contributed by atoms with Crippen molar-refractivity contribution in [3.05, 3.63) is 65.2 Å². The Bertz CT molecular complexity index is 631. The van der Waals surface area contributed by atoms with E-state index in [-0.39, 0.29) is 5.54 Å². The van der Waals surface area contributed by atoms with Gasteiger partial charge < -0.3 is 10.2 Å². The van der Waals surface area contributed by atoms with E-state index in [4.69, 9.17) is 0 Å². The topological polar surface area (TPSA) is 15.3 Å². The second-order valence-corrected chi connectivity index (χ2v) is 6.71. The molecule has 1 aliphatic rings. The minimum Gasteiger partial charge on any atom is -0.365 e. The van der Waals surface area contributed by atoms with E-state index in [1.54, 1.807) is 0 Å². The fraction of sp³-hybridized carbons (Fsp3) is 0.368. The molecule has 0 fully saturated rings. The maximum atomic E-state index is 3.66. The van der Waals surface area contributed by atoms with E-state index < -0.39 is 0 Å². The molecular formula is C19H24N2. The van der Waals surface area contributed by atoms with Crippen LogP contribution in [0.15, 0.2) is 48.5 Å². The highest BCUT2D eigenvalue weighted by Crippen LogP contribution is 2.27. The van der Waals surface area contributed by atoms with Gasteiger partial charge in [0, 0.05) is 30.9 Å². The van der Waals surface area contributed by atoms with Crippen LogP contribution in [0, 0.1) is 6.92 Å². The molecular weight excluding hydrogens is 256 g/mol. The molecule has 2 heteroatoms. The Morgan fingerprint density at radius 3 is 2.71 bits per heavy atom. The van der Waals surface area contributed by atoms with Gasteiger partial charge in [0.15, 0.2) is 0 Å². The van der Waals surface area contributed by atoms with Gasteiger partial charge >= 0.3 is 0 Å².